The number of hydrogen-bond acceptors (Lipinski definition) is 3. The second kappa shape index (κ2) is 4.61. The zero-order chi connectivity index (χ0) is 11.6. The van der Waals surface area contributed by atoms with Crippen LogP contribution in [0.3, 0.4) is 0 Å². The zero-order valence-corrected chi connectivity index (χ0v) is 11.2. The summed E-state index contributed by atoms with van der Waals surface area (Å²) in [6.45, 7) is 5.54. The van der Waals surface area contributed by atoms with E-state index in [1.54, 1.807) is 0 Å². The molecule has 0 saturated carbocycles. The monoisotopic (exact) mass is 285 g/mol. The van der Waals surface area contributed by atoms with Crippen LogP contribution in [-0.2, 0) is 14.6 Å². The highest BCUT2D eigenvalue weighted by molar-refractivity contribution is 9.09. The average molecular weight is 286 g/mol. The molecule has 1 atom stereocenters. The minimum absolute atomic E-state index is 0.0681. The van der Waals surface area contributed by atoms with Crippen LogP contribution in [0.1, 0.15) is 20.8 Å². The van der Waals surface area contributed by atoms with Crippen LogP contribution >= 0.6 is 15.9 Å². The zero-order valence-electron chi connectivity index (χ0n) is 8.80. The van der Waals surface area contributed by atoms with Crippen molar-refractivity contribution in [2.75, 3.05) is 12.0 Å². The molecule has 0 aliphatic heterocycles. The number of amides is 1. The molecule has 0 saturated heterocycles. The van der Waals surface area contributed by atoms with Gasteiger partial charge in [-0.15, -0.1) is 0 Å². The summed E-state index contributed by atoms with van der Waals surface area (Å²) in [4.78, 5) is 11.3. The predicted molar refractivity (Wildman–Crippen MR) is 60.3 cm³/mol. The van der Waals surface area contributed by atoms with Crippen LogP contribution in [0.25, 0.3) is 0 Å². The van der Waals surface area contributed by atoms with Crippen molar-refractivity contribution in [3.63, 3.8) is 0 Å². The van der Waals surface area contributed by atoms with Crippen molar-refractivity contribution >= 4 is 31.7 Å². The molecule has 0 aromatic rings. The van der Waals surface area contributed by atoms with Crippen LogP contribution in [0.5, 0.6) is 0 Å². The van der Waals surface area contributed by atoms with E-state index in [0.29, 0.717) is 0 Å². The number of halogens is 1. The summed E-state index contributed by atoms with van der Waals surface area (Å²) in [5.41, 5.74) is -0.457. The second-order valence-corrected chi connectivity index (χ2v) is 7.47. The van der Waals surface area contributed by atoms with E-state index < -0.39 is 27.0 Å². The fourth-order valence-electron chi connectivity index (χ4n) is 0.733. The van der Waals surface area contributed by atoms with Gasteiger partial charge in [-0.1, -0.05) is 22.9 Å². The molecule has 0 bridgehead atoms. The van der Waals surface area contributed by atoms with Gasteiger partial charge in [-0.25, -0.2) is 8.42 Å². The Morgan fingerprint density at radius 1 is 1.50 bits per heavy atom. The molecule has 6 heteroatoms. The van der Waals surface area contributed by atoms with Gasteiger partial charge in [-0.3, -0.25) is 4.79 Å². The van der Waals surface area contributed by atoms with Gasteiger partial charge in [-0.05, 0) is 13.8 Å². The molecule has 0 aliphatic rings. The highest BCUT2D eigenvalue weighted by Crippen LogP contribution is 2.16. The largest absolute Gasteiger partial charge is 0.349 e. The van der Waals surface area contributed by atoms with Crippen molar-refractivity contribution in [3.8, 4) is 0 Å². The van der Waals surface area contributed by atoms with E-state index in [1.807, 2.05) is 20.8 Å². The van der Waals surface area contributed by atoms with Gasteiger partial charge in [0, 0.05) is 16.6 Å². The maximum Gasteiger partial charge on any atom is 0.235 e. The molecule has 4 nitrogen and oxygen atoms in total. The first kappa shape index (κ1) is 13.9. The van der Waals surface area contributed by atoms with Gasteiger partial charge >= 0.3 is 0 Å². The molecular formula is C8H16BrNO3S. The Morgan fingerprint density at radius 3 is 2.21 bits per heavy atom. The first-order valence-corrected chi connectivity index (χ1v) is 7.15. The van der Waals surface area contributed by atoms with E-state index in [0.717, 1.165) is 6.26 Å². The highest BCUT2D eigenvalue weighted by Gasteiger charge is 2.26. The fourth-order valence-corrected chi connectivity index (χ4v) is 1.40. The molecule has 1 unspecified atom stereocenters. The summed E-state index contributed by atoms with van der Waals surface area (Å²) >= 11 is 3.34. The number of rotatable bonds is 4. The molecule has 0 aromatic carbocycles. The molecule has 0 aliphatic carbocycles. The predicted octanol–water partition coefficient (Wildman–Crippen LogP) is 0.709. The molecule has 0 fully saturated rings. The van der Waals surface area contributed by atoms with Crippen LogP contribution in [-0.4, -0.2) is 36.7 Å². The average Bonchev–Trinajstić information content (AvgIpc) is 1.79. The molecule has 14 heavy (non-hydrogen) atoms. The summed E-state index contributed by atoms with van der Waals surface area (Å²) in [5, 5.41) is 2.65. The number of carbonyl (C=O) groups is 1. The Labute approximate surface area is 93.5 Å². The van der Waals surface area contributed by atoms with Gasteiger partial charge in [-0.2, -0.15) is 0 Å². The van der Waals surface area contributed by atoms with Gasteiger partial charge in [0.1, 0.15) is 5.75 Å². The van der Waals surface area contributed by atoms with E-state index >= 15 is 0 Å². The second-order valence-electron chi connectivity index (χ2n) is 3.96. The lowest BCUT2D eigenvalue weighted by Gasteiger charge is -2.29. The van der Waals surface area contributed by atoms with E-state index in [2.05, 4.69) is 21.2 Å². The van der Waals surface area contributed by atoms with Crippen molar-refractivity contribution in [2.45, 2.75) is 31.1 Å². The van der Waals surface area contributed by atoms with E-state index in [1.165, 1.54) is 0 Å². The Bertz CT molecular complexity index is 309. The SMILES string of the molecule is CC(Br)C(C)(C)NC(=O)CS(C)(=O)=O. The van der Waals surface area contributed by atoms with Gasteiger partial charge in [0.15, 0.2) is 9.84 Å². The topological polar surface area (TPSA) is 63.2 Å². The number of sulfone groups is 1. The van der Waals surface area contributed by atoms with Crippen LogP contribution in [0.2, 0.25) is 0 Å². The summed E-state index contributed by atoms with van der Waals surface area (Å²) in [5.74, 6) is -0.931. The minimum Gasteiger partial charge on any atom is -0.349 e. The standard InChI is InChI=1S/C8H16BrNO3S/c1-6(9)8(2,3)10-7(11)5-14(4,12)13/h6H,5H2,1-4H3,(H,10,11). The normalized spacial score (nSPS) is 14.9. The van der Waals surface area contributed by atoms with Crippen LogP contribution in [0, 0.1) is 0 Å². The molecule has 0 heterocycles. The summed E-state index contributed by atoms with van der Waals surface area (Å²) < 4.78 is 21.6. The van der Waals surface area contributed by atoms with E-state index in [4.69, 9.17) is 0 Å². The van der Waals surface area contributed by atoms with E-state index in [-0.39, 0.29) is 4.83 Å². The smallest absolute Gasteiger partial charge is 0.235 e. The first-order chi connectivity index (χ1) is 6.04. The molecular weight excluding hydrogens is 270 g/mol. The van der Waals surface area contributed by atoms with Crippen molar-refractivity contribution < 1.29 is 13.2 Å². The molecule has 0 rings (SSSR count). The van der Waals surface area contributed by atoms with Gasteiger partial charge in [0.2, 0.25) is 5.91 Å². The van der Waals surface area contributed by atoms with Crippen LogP contribution in [0.15, 0.2) is 0 Å². The highest BCUT2D eigenvalue weighted by atomic mass is 79.9. The molecule has 0 spiro atoms. The third kappa shape index (κ3) is 5.59. The lowest BCUT2D eigenvalue weighted by molar-refractivity contribution is -0.120. The fraction of sp³-hybridized carbons (Fsp3) is 0.875. The molecule has 0 aromatic heterocycles. The number of alkyl halides is 1. The Morgan fingerprint density at radius 2 is 1.93 bits per heavy atom. The molecule has 1 amide bonds. The summed E-state index contributed by atoms with van der Waals surface area (Å²) in [6.07, 6.45) is 1.04. The lowest BCUT2D eigenvalue weighted by Crippen LogP contribution is -2.50. The molecule has 1 N–H and O–H groups in total. The number of carbonyl (C=O) groups excluding carboxylic acids is 1. The summed E-state index contributed by atoms with van der Waals surface area (Å²) in [6, 6.07) is 0. The first-order valence-electron chi connectivity index (χ1n) is 4.17. The summed E-state index contributed by atoms with van der Waals surface area (Å²) in [7, 11) is -3.25. The Kier molecular flexibility index (Phi) is 4.58. The van der Waals surface area contributed by atoms with Gasteiger partial charge < -0.3 is 5.32 Å². The van der Waals surface area contributed by atoms with Gasteiger partial charge in [0.25, 0.3) is 0 Å². The quantitative estimate of drug-likeness (QED) is 0.774. The number of nitrogens with one attached hydrogen (secondary N) is 1. The lowest BCUT2D eigenvalue weighted by atomic mass is 10.0. The third-order valence-corrected chi connectivity index (χ3v) is 3.78. The van der Waals surface area contributed by atoms with Crippen molar-refractivity contribution in [1.82, 2.24) is 5.32 Å². The van der Waals surface area contributed by atoms with Crippen molar-refractivity contribution in [1.29, 1.82) is 0 Å². The maximum atomic E-state index is 11.3. The van der Waals surface area contributed by atoms with Crippen LogP contribution < -0.4 is 5.32 Å². The number of hydrogen-bond donors (Lipinski definition) is 1. The minimum atomic E-state index is -3.25. The van der Waals surface area contributed by atoms with E-state index in [9.17, 15) is 13.2 Å². The molecule has 84 valence electrons. The third-order valence-electron chi connectivity index (χ3n) is 1.85. The Balaban J connectivity index is 4.35. The Hall–Kier alpha value is -0.100. The van der Waals surface area contributed by atoms with Crippen molar-refractivity contribution in [3.05, 3.63) is 0 Å². The van der Waals surface area contributed by atoms with Gasteiger partial charge in [0.05, 0.1) is 0 Å². The van der Waals surface area contributed by atoms with Crippen LogP contribution in [0.4, 0.5) is 0 Å². The van der Waals surface area contributed by atoms with Crippen molar-refractivity contribution in [2.24, 2.45) is 0 Å². The molecule has 0 radical (unpaired) electrons. The maximum absolute atomic E-state index is 11.3.